The van der Waals surface area contributed by atoms with Crippen LogP contribution in [-0.4, -0.2) is 13.7 Å². The van der Waals surface area contributed by atoms with Crippen molar-refractivity contribution < 1.29 is 4.74 Å². The molecular formula is C8H15NO. The smallest absolute Gasteiger partial charge is 0.0687 e. The molecule has 10 heavy (non-hydrogen) atoms. The van der Waals surface area contributed by atoms with Gasteiger partial charge in [-0.05, 0) is 19.8 Å². The largest absolute Gasteiger partial charge is 0.384 e. The van der Waals surface area contributed by atoms with Crippen LogP contribution in [0.5, 0.6) is 0 Å². The van der Waals surface area contributed by atoms with Crippen molar-refractivity contribution in [2.24, 2.45) is 11.3 Å². The lowest BCUT2D eigenvalue weighted by Crippen LogP contribution is -2.23. The average Bonchev–Trinajstić information content (AvgIpc) is 1.89. The van der Waals surface area contributed by atoms with E-state index in [4.69, 9.17) is 10.00 Å². The number of rotatable bonds is 3. The van der Waals surface area contributed by atoms with Crippen LogP contribution >= 0.6 is 0 Å². The zero-order valence-electron chi connectivity index (χ0n) is 7.14. The minimum Gasteiger partial charge on any atom is -0.384 e. The fourth-order valence-electron chi connectivity index (χ4n) is 0.569. The second-order valence-corrected chi connectivity index (χ2v) is 3.19. The monoisotopic (exact) mass is 141 g/mol. The number of hydrogen-bond donors (Lipinski definition) is 0. The van der Waals surface area contributed by atoms with Gasteiger partial charge in [0.1, 0.15) is 0 Å². The normalized spacial score (nSPS) is 14.3. The van der Waals surface area contributed by atoms with Gasteiger partial charge in [0, 0.05) is 7.11 Å². The van der Waals surface area contributed by atoms with Gasteiger partial charge in [0.15, 0.2) is 0 Å². The van der Waals surface area contributed by atoms with Gasteiger partial charge in [-0.15, -0.1) is 0 Å². The summed E-state index contributed by atoms with van der Waals surface area (Å²) in [5.41, 5.74) is -0.268. The highest BCUT2D eigenvalue weighted by Crippen LogP contribution is 2.24. The van der Waals surface area contributed by atoms with Crippen LogP contribution < -0.4 is 0 Å². The first-order chi connectivity index (χ1) is 4.54. The lowest BCUT2D eigenvalue weighted by atomic mass is 9.82. The first kappa shape index (κ1) is 9.45. The first-order valence-corrected chi connectivity index (χ1v) is 3.44. The summed E-state index contributed by atoms with van der Waals surface area (Å²) < 4.78 is 4.94. The van der Waals surface area contributed by atoms with E-state index in [-0.39, 0.29) is 5.41 Å². The quantitative estimate of drug-likeness (QED) is 0.600. The molecule has 0 aliphatic carbocycles. The molecular weight excluding hydrogens is 126 g/mol. The summed E-state index contributed by atoms with van der Waals surface area (Å²) in [5, 5.41) is 8.69. The lowest BCUT2D eigenvalue weighted by Gasteiger charge is -2.22. The fraction of sp³-hybridized carbons (Fsp3) is 0.875. The Bertz CT molecular complexity index is 135. The zero-order valence-corrected chi connectivity index (χ0v) is 7.14. The summed E-state index contributed by atoms with van der Waals surface area (Å²) in [6, 6.07) is 2.25. The van der Waals surface area contributed by atoms with E-state index in [0.717, 1.165) is 0 Å². The molecule has 0 aliphatic rings. The van der Waals surface area contributed by atoms with Gasteiger partial charge in [0.05, 0.1) is 18.1 Å². The molecule has 0 radical (unpaired) electrons. The van der Waals surface area contributed by atoms with Gasteiger partial charge >= 0.3 is 0 Å². The maximum Gasteiger partial charge on any atom is 0.0687 e. The van der Waals surface area contributed by atoms with Crippen LogP contribution in [0.4, 0.5) is 0 Å². The molecule has 2 nitrogen and oxygen atoms in total. The Morgan fingerprint density at radius 2 is 2.10 bits per heavy atom. The molecule has 0 fully saturated rings. The van der Waals surface area contributed by atoms with Crippen molar-refractivity contribution in [2.75, 3.05) is 13.7 Å². The predicted octanol–water partition coefficient (Wildman–Crippen LogP) is 1.82. The van der Waals surface area contributed by atoms with Crippen LogP contribution in [0.3, 0.4) is 0 Å². The van der Waals surface area contributed by atoms with Crippen molar-refractivity contribution >= 4 is 0 Å². The Balaban J connectivity index is 3.94. The van der Waals surface area contributed by atoms with Crippen molar-refractivity contribution in [3.63, 3.8) is 0 Å². The van der Waals surface area contributed by atoms with Gasteiger partial charge in [0.25, 0.3) is 0 Å². The number of methoxy groups -OCH3 is 1. The summed E-state index contributed by atoms with van der Waals surface area (Å²) in [5.74, 6) is 0.294. The maximum absolute atomic E-state index is 8.69. The van der Waals surface area contributed by atoms with Gasteiger partial charge < -0.3 is 4.74 Å². The molecule has 0 saturated heterocycles. The molecule has 0 aromatic heterocycles. The van der Waals surface area contributed by atoms with Crippen LogP contribution in [0.1, 0.15) is 20.8 Å². The van der Waals surface area contributed by atoms with E-state index in [1.165, 1.54) is 0 Å². The Kier molecular flexibility index (Phi) is 3.38. The van der Waals surface area contributed by atoms with Crippen molar-refractivity contribution in [3.05, 3.63) is 0 Å². The Hall–Kier alpha value is -0.550. The van der Waals surface area contributed by atoms with E-state index in [2.05, 4.69) is 6.07 Å². The van der Waals surface area contributed by atoms with Crippen LogP contribution in [0.2, 0.25) is 0 Å². The standard InChI is InChI=1S/C8H15NO/c1-7(5-10-4)8(2,3)6-9/h7H,5H2,1-4H3. The maximum atomic E-state index is 8.69. The summed E-state index contributed by atoms with van der Waals surface area (Å²) in [6.07, 6.45) is 0. The van der Waals surface area contributed by atoms with Crippen molar-refractivity contribution in [1.82, 2.24) is 0 Å². The number of ether oxygens (including phenoxy) is 1. The van der Waals surface area contributed by atoms with Gasteiger partial charge in [-0.3, -0.25) is 0 Å². The zero-order chi connectivity index (χ0) is 8.20. The van der Waals surface area contributed by atoms with Crippen LogP contribution in [-0.2, 0) is 4.74 Å². The molecule has 0 saturated carbocycles. The molecule has 0 aliphatic heterocycles. The molecule has 0 N–H and O–H groups in total. The van der Waals surface area contributed by atoms with Crippen molar-refractivity contribution in [2.45, 2.75) is 20.8 Å². The first-order valence-electron chi connectivity index (χ1n) is 3.44. The van der Waals surface area contributed by atoms with Crippen molar-refractivity contribution in [1.29, 1.82) is 5.26 Å². The Morgan fingerprint density at radius 3 is 2.40 bits per heavy atom. The van der Waals surface area contributed by atoms with Gasteiger partial charge in [-0.1, -0.05) is 6.92 Å². The van der Waals surface area contributed by atoms with Crippen LogP contribution in [0.15, 0.2) is 0 Å². The van der Waals surface area contributed by atoms with Gasteiger partial charge in [-0.2, -0.15) is 5.26 Å². The molecule has 1 unspecified atom stereocenters. The van der Waals surface area contributed by atoms with E-state index in [1.54, 1.807) is 7.11 Å². The van der Waals surface area contributed by atoms with Crippen molar-refractivity contribution in [3.8, 4) is 6.07 Å². The molecule has 0 rings (SSSR count). The molecule has 0 spiro atoms. The second-order valence-electron chi connectivity index (χ2n) is 3.19. The minimum atomic E-state index is -0.268. The highest BCUT2D eigenvalue weighted by Gasteiger charge is 2.24. The number of nitrogens with zero attached hydrogens (tertiary/aromatic N) is 1. The van der Waals surface area contributed by atoms with E-state index < -0.39 is 0 Å². The van der Waals surface area contributed by atoms with Gasteiger partial charge in [-0.25, -0.2) is 0 Å². The Morgan fingerprint density at radius 1 is 1.60 bits per heavy atom. The molecule has 2 heteroatoms. The highest BCUT2D eigenvalue weighted by molar-refractivity contribution is 4.95. The summed E-state index contributed by atoms with van der Waals surface area (Å²) in [7, 11) is 1.66. The molecule has 0 amide bonds. The summed E-state index contributed by atoms with van der Waals surface area (Å²) in [4.78, 5) is 0. The molecule has 0 aromatic carbocycles. The van der Waals surface area contributed by atoms with E-state index in [1.807, 2.05) is 20.8 Å². The third kappa shape index (κ3) is 2.36. The third-order valence-electron chi connectivity index (χ3n) is 1.94. The van der Waals surface area contributed by atoms with E-state index in [9.17, 15) is 0 Å². The molecule has 1 atom stereocenters. The van der Waals surface area contributed by atoms with E-state index in [0.29, 0.717) is 12.5 Å². The van der Waals surface area contributed by atoms with Gasteiger partial charge in [0.2, 0.25) is 0 Å². The number of nitriles is 1. The third-order valence-corrected chi connectivity index (χ3v) is 1.94. The highest BCUT2D eigenvalue weighted by atomic mass is 16.5. The Labute approximate surface area is 62.8 Å². The number of hydrogen-bond acceptors (Lipinski definition) is 2. The molecule has 58 valence electrons. The second kappa shape index (κ2) is 3.58. The topological polar surface area (TPSA) is 33.0 Å². The molecule has 0 aromatic rings. The molecule has 0 bridgehead atoms. The predicted molar refractivity (Wildman–Crippen MR) is 40.4 cm³/mol. The summed E-state index contributed by atoms with van der Waals surface area (Å²) >= 11 is 0. The minimum absolute atomic E-state index is 0.268. The van der Waals surface area contributed by atoms with Crippen LogP contribution in [0.25, 0.3) is 0 Å². The van der Waals surface area contributed by atoms with Crippen LogP contribution in [0, 0.1) is 22.7 Å². The SMILES string of the molecule is COCC(C)C(C)(C)C#N. The lowest BCUT2D eigenvalue weighted by molar-refractivity contribution is 0.117. The van der Waals surface area contributed by atoms with E-state index >= 15 is 0 Å². The summed E-state index contributed by atoms with van der Waals surface area (Å²) in [6.45, 7) is 6.53. The average molecular weight is 141 g/mol. The molecule has 0 heterocycles. The fourth-order valence-corrected chi connectivity index (χ4v) is 0.569.